The maximum atomic E-state index is 13.3. The standard InChI is InChI=1S/C24H26N2O4S2/c1-2-30-17-19-9-7-18(8-10-19)15-25-24(27)23-22(12-14-31-23)32(28,29)26-13-11-20-5-3-4-6-21(20)16-26/h3-10,12,14H,2,11,13,15-17H2,1H3,(H,25,27). The minimum atomic E-state index is -3.77. The summed E-state index contributed by atoms with van der Waals surface area (Å²) >= 11 is 1.15. The van der Waals surface area contributed by atoms with E-state index in [1.165, 1.54) is 15.9 Å². The van der Waals surface area contributed by atoms with Gasteiger partial charge in [-0.1, -0.05) is 48.5 Å². The third kappa shape index (κ3) is 4.94. The van der Waals surface area contributed by atoms with Crippen LogP contribution in [0.2, 0.25) is 0 Å². The molecule has 0 radical (unpaired) electrons. The SMILES string of the molecule is CCOCc1ccc(CNC(=O)c2sccc2S(=O)(=O)N2CCc3ccccc3C2)cc1. The average molecular weight is 471 g/mol. The van der Waals surface area contributed by atoms with Gasteiger partial charge in [-0.15, -0.1) is 11.3 Å². The molecule has 1 aliphatic heterocycles. The summed E-state index contributed by atoms with van der Waals surface area (Å²) in [6, 6.07) is 17.2. The van der Waals surface area contributed by atoms with Crippen molar-refractivity contribution in [3.63, 3.8) is 0 Å². The normalized spacial score (nSPS) is 14.2. The lowest BCUT2D eigenvalue weighted by atomic mass is 10.0. The molecule has 0 aliphatic carbocycles. The molecule has 168 valence electrons. The van der Waals surface area contributed by atoms with E-state index in [2.05, 4.69) is 5.32 Å². The van der Waals surface area contributed by atoms with Crippen LogP contribution in [0.15, 0.2) is 64.9 Å². The molecular weight excluding hydrogens is 444 g/mol. The summed E-state index contributed by atoms with van der Waals surface area (Å²) in [7, 11) is -3.77. The van der Waals surface area contributed by atoms with Gasteiger partial charge in [-0.3, -0.25) is 4.79 Å². The van der Waals surface area contributed by atoms with Crippen molar-refractivity contribution < 1.29 is 17.9 Å². The van der Waals surface area contributed by atoms with Crippen molar-refractivity contribution in [3.05, 3.63) is 87.1 Å². The van der Waals surface area contributed by atoms with Crippen LogP contribution in [0, 0.1) is 0 Å². The highest BCUT2D eigenvalue weighted by atomic mass is 32.2. The monoisotopic (exact) mass is 470 g/mol. The van der Waals surface area contributed by atoms with Gasteiger partial charge < -0.3 is 10.1 Å². The Morgan fingerprint density at radius 2 is 1.78 bits per heavy atom. The van der Waals surface area contributed by atoms with E-state index >= 15 is 0 Å². The van der Waals surface area contributed by atoms with Crippen molar-refractivity contribution in [1.82, 2.24) is 9.62 Å². The molecule has 0 saturated carbocycles. The Hall–Kier alpha value is -2.52. The Morgan fingerprint density at radius 1 is 1.06 bits per heavy atom. The summed E-state index contributed by atoms with van der Waals surface area (Å²) < 4.78 is 33.5. The van der Waals surface area contributed by atoms with Gasteiger partial charge in [0.1, 0.15) is 9.77 Å². The molecule has 0 spiro atoms. The Kier molecular flexibility index (Phi) is 7.05. The molecule has 8 heteroatoms. The Morgan fingerprint density at radius 3 is 2.53 bits per heavy atom. The quantitative estimate of drug-likeness (QED) is 0.541. The summed E-state index contributed by atoms with van der Waals surface area (Å²) in [5, 5.41) is 4.51. The van der Waals surface area contributed by atoms with E-state index in [9.17, 15) is 13.2 Å². The topological polar surface area (TPSA) is 75.7 Å². The number of nitrogens with zero attached hydrogens (tertiary/aromatic N) is 1. The third-order valence-corrected chi connectivity index (χ3v) is 8.43. The van der Waals surface area contributed by atoms with Crippen molar-refractivity contribution in [2.45, 2.75) is 37.9 Å². The van der Waals surface area contributed by atoms with Crippen LogP contribution in [-0.2, 0) is 40.9 Å². The van der Waals surface area contributed by atoms with E-state index < -0.39 is 10.0 Å². The zero-order chi connectivity index (χ0) is 22.6. The molecule has 1 amide bonds. The number of amides is 1. The van der Waals surface area contributed by atoms with Gasteiger partial charge in [0.15, 0.2) is 0 Å². The number of fused-ring (bicyclic) bond motifs is 1. The molecule has 0 atom stereocenters. The van der Waals surface area contributed by atoms with Gasteiger partial charge in [-0.2, -0.15) is 4.31 Å². The second-order valence-electron chi connectivity index (χ2n) is 7.61. The van der Waals surface area contributed by atoms with Crippen LogP contribution >= 0.6 is 11.3 Å². The Bertz CT molecular complexity index is 1190. The van der Waals surface area contributed by atoms with Gasteiger partial charge in [-0.25, -0.2) is 8.42 Å². The summed E-state index contributed by atoms with van der Waals surface area (Å²) in [6.07, 6.45) is 0.667. The zero-order valence-electron chi connectivity index (χ0n) is 17.9. The third-order valence-electron chi connectivity index (χ3n) is 5.50. The van der Waals surface area contributed by atoms with Crippen molar-refractivity contribution in [2.75, 3.05) is 13.2 Å². The number of carbonyl (C=O) groups is 1. The molecule has 1 aliphatic rings. The maximum Gasteiger partial charge on any atom is 0.263 e. The fraction of sp³-hybridized carbons (Fsp3) is 0.292. The molecule has 1 aromatic heterocycles. The molecule has 0 unspecified atom stereocenters. The lowest BCUT2D eigenvalue weighted by Gasteiger charge is -2.28. The molecule has 2 heterocycles. The molecule has 2 aromatic carbocycles. The van der Waals surface area contributed by atoms with Crippen LogP contribution in [0.5, 0.6) is 0 Å². The first kappa shape index (κ1) is 22.7. The van der Waals surface area contributed by atoms with E-state index in [0.29, 0.717) is 39.3 Å². The van der Waals surface area contributed by atoms with Crippen molar-refractivity contribution in [1.29, 1.82) is 0 Å². The lowest BCUT2D eigenvalue weighted by molar-refractivity contribution is 0.0951. The van der Waals surface area contributed by atoms with Crippen LogP contribution in [0.1, 0.15) is 38.8 Å². The highest BCUT2D eigenvalue weighted by Gasteiger charge is 2.32. The molecule has 0 bridgehead atoms. The Balaban J connectivity index is 1.44. The minimum absolute atomic E-state index is 0.0754. The zero-order valence-corrected chi connectivity index (χ0v) is 19.5. The molecular formula is C24H26N2O4S2. The number of hydrogen-bond donors (Lipinski definition) is 1. The van der Waals surface area contributed by atoms with Crippen molar-refractivity contribution in [2.24, 2.45) is 0 Å². The van der Waals surface area contributed by atoms with Gasteiger partial charge in [0.05, 0.1) is 6.61 Å². The Labute approximate surface area is 192 Å². The molecule has 6 nitrogen and oxygen atoms in total. The van der Waals surface area contributed by atoms with Crippen molar-refractivity contribution >= 4 is 27.3 Å². The predicted molar refractivity (Wildman–Crippen MR) is 125 cm³/mol. The number of thiophene rings is 1. The smallest absolute Gasteiger partial charge is 0.263 e. The fourth-order valence-corrected chi connectivity index (χ4v) is 6.45. The van der Waals surface area contributed by atoms with Gasteiger partial charge in [0.25, 0.3) is 5.91 Å². The number of benzene rings is 2. The first-order valence-corrected chi connectivity index (χ1v) is 12.9. The van der Waals surface area contributed by atoms with Crippen LogP contribution in [-0.4, -0.2) is 31.8 Å². The molecule has 4 rings (SSSR count). The first-order chi connectivity index (χ1) is 15.5. The van der Waals surface area contributed by atoms with Gasteiger partial charge in [-0.05, 0) is 47.0 Å². The fourth-order valence-electron chi connectivity index (χ4n) is 3.72. The molecule has 3 aromatic rings. The second-order valence-corrected chi connectivity index (χ2v) is 10.4. The van der Waals surface area contributed by atoms with Crippen molar-refractivity contribution in [3.8, 4) is 0 Å². The second kappa shape index (κ2) is 9.95. The van der Waals surface area contributed by atoms with Gasteiger partial charge in [0.2, 0.25) is 10.0 Å². The maximum absolute atomic E-state index is 13.3. The molecule has 32 heavy (non-hydrogen) atoms. The predicted octanol–water partition coefficient (Wildman–Crippen LogP) is 3.96. The highest BCUT2D eigenvalue weighted by Crippen LogP contribution is 2.29. The summed E-state index contributed by atoms with van der Waals surface area (Å²) in [5.41, 5.74) is 4.19. The van der Waals surface area contributed by atoms with E-state index in [0.717, 1.165) is 28.0 Å². The molecule has 1 N–H and O–H groups in total. The number of ether oxygens (including phenoxy) is 1. The molecule has 0 fully saturated rings. The van der Waals surface area contributed by atoms with E-state index in [1.54, 1.807) is 5.38 Å². The lowest BCUT2D eigenvalue weighted by Crippen LogP contribution is -2.36. The number of nitrogens with one attached hydrogen (secondary N) is 1. The van der Waals surface area contributed by atoms with Crippen LogP contribution in [0.3, 0.4) is 0 Å². The summed E-state index contributed by atoms with van der Waals surface area (Å²) in [5.74, 6) is -0.380. The van der Waals surface area contributed by atoms with E-state index in [4.69, 9.17) is 4.74 Å². The van der Waals surface area contributed by atoms with E-state index in [-0.39, 0.29) is 15.7 Å². The van der Waals surface area contributed by atoms with E-state index in [1.807, 2.05) is 55.5 Å². The number of rotatable bonds is 8. The van der Waals surface area contributed by atoms with Crippen LogP contribution in [0.25, 0.3) is 0 Å². The van der Waals surface area contributed by atoms with Crippen LogP contribution < -0.4 is 5.32 Å². The van der Waals surface area contributed by atoms with Gasteiger partial charge >= 0.3 is 0 Å². The highest BCUT2D eigenvalue weighted by molar-refractivity contribution is 7.89. The summed E-state index contributed by atoms with van der Waals surface area (Å²) in [4.78, 5) is 13.1. The molecule has 0 saturated heterocycles. The average Bonchev–Trinajstić information content (AvgIpc) is 3.33. The number of hydrogen-bond acceptors (Lipinski definition) is 5. The number of carbonyl (C=O) groups excluding carboxylic acids is 1. The summed E-state index contributed by atoms with van der Waals surface area (Å²) in [6.45, 7) is 4.22. The largest absolute Gasteiger partial charge is 0.377 e. The van der Waals surface area contributed by atoms with Crippen LogP contribution in [0.4, 0.5) is 0 Å². The van der Waals surface area contributed by atoms with Gasteiger partial charge in [0, 0.05) is 26.2 Å². The minimum Gasteiger partial charge on any atom is -0.377 e. The number of sulfonamides is 1. The first-order valence-electron chi connectivity index (χ1n) is 10.6.